The number of hydrogen-bond acceptors (Lipinski definition) is 1. The van der Waals surface area contributed by atoms with Crippen molar-refractivity contribution in [3.8, 4) is 0 Å². The van der Waals surface area contributed by atoms with Crippen molar-refractivity contribution in [2.75, 3.05) is 0 Å². The van der Waals surface area contributed by atoms with Crippen molar-refractivity contribution in [1.29, 1.82) is 0 Å². The van der Waals surface area contributed by atoms with Gasteiger partial charge >= 0.3 is 0 Å². The van der Waals surface area contributed by atoms with Gasteiger partial charge in [0.15, 0.2) is 0 Å². The van der Waals surface area contributed by atoms with Crippen LogP contribution in [0.25, 0.3) is 10.9 Å². The Hall–Kier alpha value is -1.28. The molecule has 1 heterocycles. The van der Waals surface area contributed by atoms with Gasteiger partial charge in [0.05, 0.1) is 0 Å². The second-order valence-electron chi connectivity index (χ2n) is 5.39. The number of nitrogens with zero attached hydrogens (tertiary/aromatic N) is 1. The van der Waals surface area contributed by atoms with Gasteiger partial charge in [0, 0.05) is 29.7 Å². The van der Waals surface area contributed by atoms with Gasteiger partial charge in [0.25, 0.3) is 0 Å². The van der Waals surface area contributed by atoms with Crippen LogP contribution in [0, 0.1) is 19.8 Å². The highest BCUT2D eigenvalue weighted by molar-refractivity contribution is 5.86. The lowest BCUT2D eigenvalue weighted by atomic mass is 10.1. The van der Waals surface area contributed by atoms with Crippen molar-refractivity contribution in [3.05, 3.63) is 35.0 Å². The molecule has 18 heavy (non-hydrogen) atoms. The van der Waals surface area contributed by atoms with E-state index in [1.165, 1.54) is 34.1 Å². The molecule has 2 N–H and O–H groups in total. The second-order valence-corrected chi connectivity index (χ2v) is 5.39. The summed E-state index contributed by atoms with van der Waals surface area (Å²) in [5, 5.41) is 1.36. The molecule has 0 saturated heterocycles. The van der Waals surface area contributed by atoms with Gasteiger partial charge in [-0.15, -0.1) is 0 Å². The Balaban J connectivity index is 2.56. The van der Waals surface area contributed by atoms with Crippen molar-refractivity contribution in [3.63, 3.8) is 0 Å². The fourth-order valence-corrected chi connectivity index (χ4v) is 2.50. The van der Waals surface area contributed by atoms with Gasteiger partial charge in [-0.1, -0.05) is 26.3 Å². The normalized spacial score (nSPS) is 13.2. The Morgan fingerprint density at radius 1 is 1.28 bits per heavy atom. The molecular weight excluding hydrogens is 220 g/mol. The van der Waals surface area contributed by atoms with Gasteiger partial charge < -0.3 is 10.3 Å². The van der Waals surface area contributed by atoms with Crippen LogP contribution in [0.2, 0.25) is 0 Å². The van der Waals surface area contributed by atoms with E-state index in [1.54, 1.807) is 0 Å². The van der Waals surface area contributed by atoms with Crippen molar-refractivity contribution in [2.24, 2.45) is 11.7 Å². The Labute approximate surface area is 110 Å². The first-order valence-electron chi connectivity index (χ1n) is 6.86. The number of aromatic nitrogens is 1. The Bertz CT molecular complexity index is 552. The summed E-state index contributed by atoms with van der Waals surface area (Å²) in [6.07, 6.45) is 1.22. The quantitative estimate of drug-likeness (QED) is 0.872. The van der Waals surface area contributed by atoms with Crippen molar-refractivity contribution in [2.45, 2.75) is 47.2 Å². The lowest BCUT2D eigenvalue weighted by molar-refractivity contribution is 0.472. The molecular formula is C16H24N2. The van der Waals surface area contributed by atoms with Gasteiger partial charge in [0.1, 0.15) is 0 Å². The molecule has 0 saturated carbocycles. The molecule has 0 aliphatic heterocycles. The van der Waals surface area contributed by atoms with E-state index < -0.39 is 0 Å². The highest BCUT2D eigenvalue weighted by atomic mass is 15.0. The van der Waals surface area contributed by atoms with E-state index in [-0.39, 0.29) is 0 Å². The Morgan fingerprint density at radius 3 is 2.61 bits per heavy atom. The number of hydrogen-bond donors (Lipinski definition) is 1. The maximum absolute atomic E-state index is 5.73. The largest absolute Gasteiger partial charge is 0.344 e. The van der Waals surface area contributed by atoms with Crippen LogP contribution in [0.5, 0.6) is 0 Å². The van der Waals surface area contributed by atoms with Crippen LogP contribution in [-0.2, 0) is 13.1 Å². The van der Waals surface area contributed by atoms with Crippen molar-refractivity contribution >= 4 is 10.9 Å². The zero-order valence-electron chi connectivity index (χ0n) is 12.0. The molecule has 1 aromatic carbocycles. The van der Waals surface area contributed by atoms with E-state index in [0.717, 1.165) is 6.54 Å². The van der Waals surface area contributed by atoms with Crippen LogP contribution in [0.15, 0.2) is 18.2 Å². The van der Waals surface area contributed by atoms with E-state index in [1.807, 2.05) is 0 Å². The van der Waals surface area contributed by atoms with Gasteiger partial charge in [-0.3, -0.25) is 0 Å². The lowest BCUT2D eigenvalue weighted by Crippen LogP contribution is -2.08. The minimum atomic E-state index is 0.616. The molecule has 0 fully saturated rings. The van der Waals surface area contributed by atoms with Gasteiger partial charge in [-0.05, 0) is 43.0 Å². The summed E-state index contributed by atoms with van der Waals surface area (Å²) in [7, 11) is 0. The molecule has 0 aliphatic rings. The predicted octanol–water partition coefficient (Wildman–Crippen LogP) is 3.76. The molecule has 0 radical (unpaired) electrons. The van der Waals surface area contributed by atoms with Crippen molar-refractivity contribution in [1.82, 2.24) is 4.57 Å². The molecule has 1 unspecified atom stereocenters. The summed E-state index contributed by atoms with van der Waals surface area (Å²) in [6.45, 7) is 10.7. The molecule has 2 heteroatoms. The first kappa shape index (κ1) is 13.2. The molecule has 0 bridgehead atoms. The van der Waals surface area contributed by atoms with Crippen LogP contribution in [0.3, 0.4) is 0 Å². The fourth-order valence-electron chi connectivity index (χ4n) is 2.50. The van der Waals surface area contributed by atoms with Crippen LogP contribution in [-0.4, -0.2) is 4.57 Å². The third kappa shape index (κ3) is 2.17. The SMILES string of the molecule is CCC(C)Cn1c(C)c(C)c2cc(CN)ccc21. The zero-order chi connectivity index (χ0) is 13.3. The number of benzene rings is 1. The fraction of sp³-hybridized carbons (Fsp3) is 0.500. The van der Waals surface area contributed by atoms with E-state index in [4.69, 9.17) is 5.73 Å². The molecule has 2 nitrogen and oxygen atoms in total. The van der Waals surface area contributed by atoms with Crippen LogP contribution < -0.4 is 5.73 Å². The molecule has 2 rings (SSSR count). The molecule has 2 aromatic rings. The molecule has 1 atom stereocenters. The summed E-state index contributed by atoms with van der Waals surface area (Å²) >= 11 is 0. The number of fused-ring (bicyclic) bond motifs is 1. The molecule has 0 spiro atoms. The summed E-state index contributed by atoms with van der Waals surface area (Å²) in [5.41, 5.74) is 11.1. The third-order valence-corrected chi connectivity index (χ3v) is 4.13. The predicted molar refractivity (Wildman–Crippen MR) is 78.8 cm³/mol. The minimum Gasteiger partial charge on any atom is -0.344 e. The molecule has 0 amide bonds. The Morgan fingerprint density at radius 2 is 2.00 bits per heavy atom. The van der Waals surface area contributed by atoms with Gasteiger partial charge in [-0.25, -0.2) is 0 Å². The minimum absolute atomic E-state index is 0.616. The van der Waals surface area contributed by atoms with Crippen molar-refractivity contribution < 1.29 is 0 Å². The van der Waals surface area contributed by atoms with E-state index in [0.29, 0.717) is 12.5 Å². The average Bonchev–Trinajstić information content (AvgIpc) is 2.63. The monoisotopic (exact) mass is 244 g/mol. The smallest absolute Gasteiger partial charge is 0.0485 e. The molecule has 98 valence electrons. The summed E-state index contributed by atoms with van der Waals surface area (Å²) < 4.78 is 2.46. The maximum Gasteiger partial charge on any atom is 0.0485 e. The standard InChI is InChI=1S/C16H24N2/c1-5-11(2)10-18-13(4)12(3)15-8-14(9-17)6-7-16(15)18/h6-8,11H,5,9-10,17H2,1-4H3. The number of rotatable bonds is 4. The summed E-state index contributed by atoms with van der Waals surface area (Å²) in [5.74, 6) is 0.716. The van der Waals surface area contributed by atoms with Gasteiger partial charge in [-0.2, -0.15) is 0 Å². The topological polar surface area (TPSA) is 30.9 Å². The first-order valence-corrected chi connectivity index (χ1v) is 6.86. The third-order valence-electron chi connectivity index (χ3n) is 4.13. The summed E-state index contributed by atoms with van der Waals surface area (Å²) in [6, 6.07) is 6.61. The average molecular weight is 244 g/mol. The zero-order valence-corrected chi connectivity index (χ0v) is 12.0. The highest BCUT2D eigenvalue weighted by Gasteiger charge is 2.12. The molecule has 0 aliphatic carbocycles. The van der Waals surface area contributed by atoms with E-state index in [9.17, 15) is 0 Å². The van der Waals surface area contributed by atoms with Crippen LogP contribution in [0.1, 0.15) is 37.1 Å². The van der Waals surface area contributed by atoms with Gasteiger partial charge in [0.2, 0.25) is 0 Å². The Kier molecular flexibility index (Phi) is 3.76. The van der Waals surface area contributed by atoms with Crippen LogP contribution >= 0.6 is 0 Å². The number of aryl methyl sites for hydroxylation is 1. The highest BCUT2D eigenvalue weighted by Crippen LogP contribution is 2.27. The second kappa shape index (κ2) is 5.15. The molecule has 1 aromatic heterocycles. The lowest BCUT2D eigenvalue weighted by Gasteiger charge is -2.13. The maximum atomic E-state index is 5.73. The number of nitrogens with two attached hydrogens (primary N) is 1. The van der Waals surface area contributed by atoms with E-state index >= 15 is 0 Å². The first-order chi connectivity index (χ1) is 8.58. The summed E-state index contributed by atoms with van der Waals surface area (Å²) in [4.78, 5) is 0. The van der Waals surface area contributed by atoms with E-state index in [2.05, 4.69) is 50.5 Å². The van der Waals surface area contributed by atoms with Crippen LogP contribution in [0.4, 0.5) is 0 Å².